The largest absolute Gasteiger partial charge is 0.491 e. The Labute approximate surface area is 210 Å². The summed E-state index contributed by atoms with van der Waals surface area (Å²) in [5.74, 6) is -0.292. The Balaban J connectivity index is 1.36. The van der Waals surface area contributed by atoms with Crippen molar-refractivity contribution in [1.29, 1.82) is 0 Å². The zero-order valence-corrected chi connectivity index (χ0v) is 19.8. The zero-order valence-electron chi connectivity index (χ0n) is 19.8. The van der Waals surface area contributed by atoms with Crippen LogP contribution in [0.15, 0.2) is 48.9 Å². The smallest absolute Gasteiger partial charge is 0.389 e. The van der Waals surface area contributed by atoms with Gasteiger partial charge in [-0.15, -0.1) is 0 Å². The number of alkyl halides is 3. The van der Waals surface area contributed by atoms with Gasteiger partial charge in [-0.2, -0.15) is 13.2 Å². The average molecular weight is 515 g/mol. The fourth-order valence-electron chi connectivity index (χ4n) is 3.84. The van der Waals surface area contributed by atoms with E-state index in [-0.39, 0.29) is 42.9 Å². The summed E-state index contributed by atoms with van der Waals surface area (Å²) < 4.78 is 47.5. The van der Waals surface area contributed by atoms with Crippen LogP contribution in [0.2, 0.25) is 0 Å². The van der Waals surface area contributed by atoms with Crippen LogP contribution in [0.1, 0.15) is 39.3 Å². The van der Waals surface area contributed by atoms with Crippen molar-refractivity contribution in [1.82, 2.24) is 25.6 Å². The van der Waals surface area contributed by atoms with Crippen LogP contribution in [0.4, 0.5) is 13.2 Å². The van der Waals surface area contributed by atoms with Gasteiger partial charge in [0.05, 0.1) is 18.7 Å². The van der Waals surface area contributed by atoms with Crippen molar-refractivity contribution in [3.05, 3.63) is 65.7 Å². The first-order valence-corrected chi connectivity index (χ1v) is 11.5. The SMILES string of the molecule is COc1ncc(-c2cccc3c2C[C@H](NC(=O)c2ccc(C(=O)NCCCC(F)(F)F)nc2)CO3)cn1. The molecule has 37 heavy (non-hydrogen) atoms. The number of hydrogen-bond acceptors (Lipinski definition) is 7. The van der Waals surface area contributed by atoms with Gasteiger partial charge >= 0.3 is 12.2 Å². The number of aromatic nitrogens is 3. The fraction of sp³-hybridized carbons (Fsp3) is 0.320. The molecule has 0 saturated carbocycles. The number of amides is 2. The molecule has 1 aliphatic heterocycles. The van der Waals surface area contributed by atoms with Crippen LogP contribution in [0.3, 0.4) is 0 Å². The third-order valence-electron chi connectivity index (χ3n) is 5.66. The molecule has 2 aromatic heterocycles. The predicted molar refractivity (Wildman–Crippen MR) is 126 cm³/mol. The number of carbonyl (C=O) groups is 2. The number of nitrogens with one attached hydrogen (secondary N) is 2. The molecule has 2 N–H and O–H groups in total. The minimum absolute atomic E-state index is 0.00448. The van der Waals surface area contributed by atoms with Gasteiger partial charge in [0.2, 0.25) is 0 Å². The molecule has 1 atom stereocenters. The number of pyridine rings is 1. The summed E-state index contributed by atoms with van der Waals surface area (Å²) in [6.45, 7) is 0.142. The van der Waals surface area contributed by atoms with E-state index in [1.165, 1.54) is 25.4 Å². The number of benzene rings is 1. The summed E-state index contributed by atoms with van der Waals surface area (Å²) in [4.78, 5) is 37.2. The zero-order chi connectivity index (χ0) is 26.4. The van der Waals surface area contributed by atoms with Crippen LogP contribution in [0.5, 0.6) is 11.8 Å². The molecule has 1 aromatic carbocycles. The molecule has 0 unspecified atom stereocenters. The van der Waals surface area contributed by atoms with Crippen LogP contribution < -0.4 is 20.1 Å². The van der Waals surface area contributed by atoms with Gasteiger partial charge in [-0.3, -0.25) is 14.6 Å². The molecule has 0 fully saturated rings. The van der Waals surface area contributed by atoms with E-state index in [4.69, 9.17) is 9.47 Å². The molecule has 0 aliphatic carbocycles. The van der Waals surface area contributed by atoms with E-state index in [1.54, 1.807) is 12.4 Å². The summed E-state index contributed by atoms with van der Waals surface area (Å²) >= 11 is 0. The van der Waals surface area contributed by atoms with E-state index < -0.39 is 24.4 Å². The highest BCUT2D eigenvalue weighted by Gasteiger charge is 2.26. The van der Waals surface area contributed by atoms with E-state index in [9.17, 15) is 22.8 Å². The minimum atomic E-state index is -4.27. The van der Waals surface area contributed by atoms with Crippen molar-refractivity contribution in [2.75, 3.05) is 20.3 Å². The van der Waals surface area contributed by atoms with Gasteiger partial charge in [0.15, 0.2) is 0 Å². The van der Waals surface area contributed by atoms with Crippen LogP contribution in [0.25, 0.3) is 11.1 Å². The van der Waals surface area contributed by atoms with Crippen molar-refractivity contribution in [2.24, 2.45) is 0 Å². The third-order valence-corrected chi connectivity index (χ3v) is 5.66. The van der Waals surface area contributed by atoms with Crippen molar-refractivity contribution >= 4 is 11.8 Å². The lowest BCUT2D eigenvalue weighted by molar-refractivity contribution is -0.135. The lowest BCUT2D eigenvalue weighted by Crippen LogP contribution is -2.43. The van der Waals surface area contributed by atoms with Crippen molar-refractivity contribution in [3.8, 4) is 22.9 Å². The second-order valence-electron chi connectivity index (χ2n) is 8.33. The number of halogens is 3. The molecular formula is C25H24F3N5O4. The molecule has 3 aromatic rings. The van der Waals surface area contributed by atoms with Crippen LogP contribution >= 0.6 is 0 Å². The Hall–Kier alpha value is -4.22. The number of rotatable bonds is 8. The Bertz CT molecular complexity index is 1250. The average Bonchev–Trinajstić information content (AvgIpc) is 2.90. The number of ether oxygens (including phenoxy) is 2. The van der Waals surface area contributed by atoms with E-state index in [0.717, 1.165) is 16.7 Å². The van der Waals surface area contributed by atoms with Gasteiger partial charge in [-0.05, 0) is 30.2 Å². The lowest BCUT2D eigenvalue weighted by atomic mass is 9.94. The first kappa shape index (κ1) is 25.9. The Kier molecular flexibility index (Phi) is 7.85. The highest BCUT2D eigenvalue weighted by molar-refractivity contribution is 5.96. The van der Waals surface area contributed by atoms with Crippen molar-refractivity contribution < 1.29 is 32.2 Å². The second kappa shape index (κ2) is 11.2. The van der Waals surface area contributed by atoms with Gasteiger partial charge in [-0.1, -0.05) is 12.1 Å². The fourth-order valence-corrected chi connectivity index (χ4v) is 3.84. The Morgan fingerprint density at radius 1 is 1.08 bits per heavy atom. The summed E-state index contributed by atoms with van der Waals surface area (Å²) in [6, 6.07) is 8.38. The maximum atomic E-state index is 12.8. The topological polar surface area (TPSA) is 115 Å². The van der Waals surface area contributed by atoms with Gasteiger partial charge in [0, 0.05) is 49.1 Å². The monoisotopic (exact) mass is 515 g/mol. The summed E-state index contributed by atoms with van der Waals surface area (Å²) in [6.07, 6.45) is -0.408. The van der Waals surface area contributed by atoms with Gasteiger partial charge < -0.3 is 20.1 Å². The maximum Gasteiger partial charge on any atom is 0.389 e. The van der Waals surface area contributed by atoms with E-state index in [1.807, 2.05) is 18.2 Å². The molecular weight excluding hydrogens is 491 g/mol. The van der Waals surface area contributed by atoms with E-state index in [2.05, 4.69) is 25.6 Å². The van der Waals surface area contributed by atoms with Gasteiger partial charge in [-0.25, -0.2) is 9.97 Å². The molecule has 12 heteroatoms. The van der Waals surface area contributed by atoms with E-state index in [0.29, 0.717) is 12.2 Å². The molecule has 2 amide bonds. The van der Waals surface area contributed by atoms with Crippen LogP contribution in [-0.4, -0.2) is 59.2 Å². The number of hydrogen-bond donors (Lipinski definition) is 2. The normalized spacial score (nSPS) is 14.8. The highest BCUT2D eigenvalue weighted by Crippen LogP contribution is 2.34. The van der Waals surface area contributed by atoms with Crippen LogP contribution in [-0.2, 0) is 6.42 Å². The first-order valence-electron chi connectivity index (χ1n) is 11.5. The molecule has 194 valence electrons. The summed E-state index contributed by atoms with van der Waals surface area (Å²) in [5, 5.41) is 5.30. The lowest BCUT2D eigenvalue weighted by Gasteiger charge is -2.28. The molecule has 3 heterocycles. The molecule has 0 radical (unpaired) electrons. The van der Waals surface area contributed by atoms with Crippen molar-refractivity contribution in [2.45, 2.75) is 31.5 Å². The summed E-state index contributed by atoms with van der Waals surface area (Å²) in [5.41, 5.74) is 2.81. The number of methoxy groups -OCH3 is 1. The maximum absolute atomic E-state index is 12.8. The van der Waals surface area contributed by atoms with Crippen molar-refractivity contribution in [3.63, 3.8) is 0 Å². The second-order valence-corrected chi connectivity index (χ2v) is 8.33. The van der Waals surface area contributed by atoms with Gasteiger partial charge in [0.1, 0.15) is 18.1 Å². The molecule has 4 rings (SSSR count). The van der Waals surface area contributed by atoms with E-state index >= 15 is 0 Å². The Morgan fingerprint density at radius 3 is 2.54 bits per heavy atom. The predicted octanol–water partition coefficient (Wildman–Crippen LogP) is 3.35. The molecule has 1 aliphatic rings. The quantitative estimate of drug-likeness (QED) is 0.442. The Morgan fingerprint density at radius 2 is 1.86 bits per heavy atom. The number of fused-ring (bicyclic) bond motifs is 1. The molecule has 0 saturated heterocycles. The minimum Gasteiger partial charge on any atom is -0.491 e. The van der Waals surface area contributed by atoms with Crippen LogP contribution in [0, 0.1) is 0 Å². The highest BCUT2D eigenvalue weighted by atomic mass is 19.4. The summed E-state index contributed by atoms with van der Waals surface area (Å²) in [7, 11) is 1.49. The van der Waals surface area contributed by atoms with Gasteiger partial charge in [0.25, 0.3) is 11.8 Å². The third kappa shape index (κ3) is 6.72. The molecule has 0 spiro atoms. The first-order chi connectivity index (χ1) is 17.7. The number of carbonyl (C=O) groups excluding carboxylic acids is 2. The standard InChI is InChI=1S/C25H24F3N5O4/c1-36-24-31-12-16(13-32-24)18-4-2-5-21-19(18)10-17(14-37-21)33-22(34)15-6-7-20(30-11-15)23(35)29-9-3-8-25(26,27)28/h2,4-7,11-13,17H,3,8-10,14H2,1H3,(H,29,35)(H,33,34)/t17-/m0/s1. The number of nitrogens with zero attached hydrogens (tertiary/aromatic N) is 3. The molecule has 0 bridgehead atoms. The molecule has 9 nitrogen and oxygen atoms in total.